The minimum Gasteiger partial charge on any atom is -0.496 e. The molecule has 0 aliphatic carbocycles. The van der Waals surface area contributed by atoms with Gasteiger partial charge in [0.2, 0.25) is 0 Å². The summed E-state index contributed by atoms with van der Waals surface area (Å²) in [6.45, 7) is 3.56. The minimum atomic E-state index is -0.905. The molecule has 154 valence electrons. The number of aliphatic carboxylic acids is 1. The Bertz CT molecular complexity index is 863. The highest BCUT2D eigenvalue weighted by Gasteiger charge is 2.30. The molecule has 3 rings (SSSR count). The van der Waals surface area contributed by atoms with E-state index in [4.69, 9.17) is 4.74 Å². The fourth-order valence-corrected chi connectivity index (χ4v) is 3.76. The summed E-state index contributed by atoms with van der Waals surface area (Å²) in [6, 6.07) is 14.0. The zero-order chi connectivity index (χ0) is 20.8. The SMILES string of the molecule is CNC(=O)c1cccc([C@@H](C(=O)O)N2CCN(Cc3ccccc3OC)CC2)c1. The van der Waals surface area contributed by atoms with Gasteiger partial charge in [-0.2, -0.15) is 0 Å². The van der Waals surface area contributed by atoms with E-state index in [1.54, 1.807) is 38.4 Å². The van der Waals surface area contributed by atoms with Crippen LogP contribution in [0.3, 0.4) is 0 Å². The Labute approximate surface area is 170 Å². The van der Waals surface area contributed by atoms with Crippen LogP contribution in [0.15, 0.2) is 48.5 Å². The van der Waals surface area contributed by atoms with Crippen molar-refractivity contribution in [1.82, 2.24) is 15.1 Å². The molecule has 1 amide bonds. The smallest absolute Gasteiger partial charge is 0.325 e. The van der Waals surface area contributed by atoms with Gasteiger partial charge in [-0.15, -0.1) is 0 Å². The van der Waals surface area contributed by atoms with E-state index in [-0.39, 0.29) is 5.91 Å². The molecule has 2 aromatic carbocycles. The van der Waals surface area contributed by atoms with E-state index >= 15 is 0 Å². The largest absolute Gasteiger partial charge is 0.496 e. The molecule has 0 spiro atoms. The molecule has 0 aromatic heterocycles. The van der Waals surface area contributed by atoms with Gasteiger partial charge in [0, 0.05) is 50.9 Å². The summed E-state index contributed by atoms with van der Waals surface area (Å²) in [7, 11) is 3.23. The van der Waals surface area contributed by atoms with Crippen LogP contribution in [0.2, 0.25) is 0 Å². The van der Waals surface area contributed by atoms with Crippen molar-refractivity contribution in [2.45, 2.75) is 12.6 Å². The van der Waals surface area contributed by atoms with Crippen LogP contribution in [-0.2, 0) is 11.3 Å². The second-order valence-corrected chi connectivity index (χ2v) is 7.07. The maximum atomic E-state index is 12.0. The first-order valence-corrected chi connectivity index (χ1v) is 9.66. The van der Waals surface area contributed by atoms with Crippen LogP contribution in [-0.4, -0.2) is 67.1 Å². The highest BCUT2D eigenvalue weighted by atomic mass is 16.5. The molecule has 0 bridgehead atoms. The third kappa shape index (κ3) is 4.93. The van der Waals surface area contributed by atoms with Gasteiger partial charge in [0.1, 0.15) is 11.8 Å². The number of carbonyl (C=O) groups excluding carboxylic acids is 1. The van der Waals surface area contributed by atoms with Crippen molar-refractivity contribution in [3.05, 3.63) is 65.2 Å². The molecule has 0 radical (unpaired) electrons. The Hall–Kier alpha value is -2.90. The van der Waals surface area contributed by atoms with Crippen molar-refractivity contribution in [3.8, 4) is 5.75 Å². The van der Waals surface area contributed by atoms with Crippen LogP contribution in [0.1, 0.15) is 27.5 Å². The van der Waals surface area contributed by atoms with E-state index in [2.05, 4.69) is 16.3 Å². The fraction of sp³-hybridized carbons (Fsp3) is 0.364. The predicted molar refractivity (Wildman–Crippen MR) is 110 cm³/mol. The van der Waals surface area contributed by atoms with Crippen molar-refractivity contribution >= 4 is 11.9 Å². The van der Waals surface area contributed by atoms with Gasteiger partial charge in [0.05, 0.1) is 7.11 Å². The molecule has 1 atom stereocenters. The number of piperazine rings is 1. The number of nitrogens with one attached hydrogen (secondary N) is 1. The van der Waals surface area contributed by atoms with Crippen molar-refractivity contribution in [3.63, 3.8) is 0 Å². The quantitative estimate of drug-likeness (QED) is 0.744. The molecular formula is C22H27N3O4. The zero-order valence-corrected chi connectivity index (χ0v) is 16.8. The number of methoxy groups -OCH3 is 1. The number of para-hydroxylation sites is 1. The number of carboxylic acids is 1. The van der Waals surface area contributed by atoms with Crippen LogP contribution in [0.5, 0.6) is 5.75 Å². The second kappa shape index (κ2) is 9.54. The normalized spacial score (nSPS) is 16.2. The van der Waals surface area contributed by atoms with Crippen LogP contribution in [0.25, 0.3) is 0 Å². The van der Waals surface area contributed by atoms with Gasteiger partial charge in [-0.05, 0) is 23.8 Å². The van der Waals surface area contributed by atoms with Gasteiger partial charge in [0.15, 0.2) is 0 Å². The molecule has 7 heteroatoms. The van der Waals surface area contributed by atoms with Gasteiger partial charge >= 0.3 is 5.97 Å². The van der Waals surface area contributed by atoms with E-state index in [9.17, 15) is 14.7 Å². The van der Waals surface area contributed by atoms with Gasteiger partial charge in [-0.3, -0.25) is 19.4 Å². The van der Waals surface area contributed by atoms with Gasteiger partial charge in [0.25, 0.3) is 5.91 Å². The molecule has 2 aromatic rings. The molecule has 1 saturated heterocycles. The number of carbonyl (C=O) groups is 2. The first-order valence-electron chi connectivity index (χ1n) is 9.66. The lowest BCUT2D eigenvalue weighted by atomic mass is 10.0. The predicted octanol–water partition coefficient (Wildman–Crippen LogP) is 2.00. The topological polar surface area (TPSA) is 82.1 Å². The first kappa shape index (κ1) is 20.8. The third-order valence-electron chi connectivity index (χ3n) is 5.28. The Morgan fingerprint density at radius 3 is 2.48 bits per heavy atom. The summed E-state index contributed by atoms with van der Waals surface area (Å²) in [4.78, 5) is 28.2. The number of benzene rings is 2. The van der Waals surface area contributed by atoms with Crippen molar-refractivity contribution in [2.24, 2.45) is 0 Å². The molecule has 2 N–H and O–H groups in total. The lowest BCUT2D eigenvalue weighted by Crippen LogP contribution is -2.48. The van der Waals surface area contributed by atoms with Gasteiger partial charge in [-0.25, -0.2) is 0 Å². The average molecular weight is 397 g/mol. The molecule has 1 heterocycles. The number of carboxylic acid groups (broad SMARTS) is 1. The standard InChI is InChI=1S/C22H27N3O4/c1-23-21(26)17-8-5-7-16(14-17)20(22(27)28)25-12-10-24(11-13-25)15-18-6-3-4-9-19(18)29-2/h3-9,14,20H,10-13,15H2,1-2H3,(H,23,26)(H,27,28)/t20-/m0/s1. The lowest BCUT2D eigenvalue weighted by Gasteiger charge is -2.38. The zero-order valence-electron chi connectivity index (χ0n) is 16.8. The van der Waals surface area contributed by atoms with E-state index in [0.717, 1.165) is 30.9 Å². The van der Waals surface area contributed by atoms with Crippen molar-refractivity contribution in [2.75, 3.05) is 40.3 Å². The Morgan fingerprint density at radius 2 is 1.83 bits per heavy atom. The molecule has 0 saturated carbocycles. The summed E-state index contributed by atoms with van der Waals surface area (Å²) >= 11 is 0. The van der Waals surface area contributed by atoms with Crippen LogP contribution < -0.4 is 10.1 Å². The van der Waals surface area contributed by atoms with Crippen LogP contribution in [0.4, 0.5) is 0 Å². The minimum absolute atomic E-state index is 0.224. The molecule has 0 unspecified atom stereocenters. The summed E-state index contributed by atoms with van der Waals surface area (Å²) < 4.78 is 5.43. The molecule has 1 aliphatic rings. The monoisotopic (exact) mass is 397 g/mol. The number of ether oxygens (including phenoxy) is 1. The van der Waals surface area contributed by atoms with E-state index in [1.165, 1.54) is 0 Å². The highest BCUT2D eigenvalue weighted by molar-refractivity contribution is 5.94. The first-order chi connectivity index (χ1) is 14.0. The molecule has 29 heavy (non-hydrogen) atoms. The molecule has 1 fully saturated rings. The highest BCUT2D eigenvalue weighted by Crippen LogP contribution is 2.25. The van der Waals surface area contributed by atoms with Crippen LogP contribution >= 0.6 is 0 Å². The number of rotatable bonds is 7. The second-order valence-electron chi connectivity index (χ2n) is 7.07. The maximum absolute atomic E-state index is 12.0. The fourth-order valence-electron chi connectivity index (χ4n) is 3.76. The van der Waals surface area contributed by atoms with Crippen molar-refractivity contribution < 1.29 is 19.4 Å². The molecular weight excluding hydrogens is 370 g/mol. The lowest BCUT2D eigenvalue weighted by molar-refractivity contribution is -0.144. The molecule has 1 aliphatic heterocycles. The van der Waals surface area contributed by atoms with Crippen molar-refractivity contribution in [1.29, 1.82) is 0 Å². The van der Waals surface area contributed by atoms with E-state index in [1.807, 2.05) is 23.1 Å². The van der Waals surface area contributed by atoms with Gasteiger partial charge in [-0.1, -0.05) is 30.3 Å². The average Bonchev–Trinajstić information content (AvgIpc) is 2.75. The number of amides is 1. The van der Waals surface area contributed by atoms with E-state index in [0.29, 0.717) is 24.2 Å². The maximum Gasteiger partial charge on any atom is 0.325 e. The summed E-state index contributed by atoms with van der Waals surface area (Å²) in [6.07, 6.45) is 0. The Balaban J connectivity index is 1.69. The van der Waals surface area contributed by atoms with Gasteiger partial charge < -0.3 is 15.2 Å². The molecule has 7 nitrogen and oxygen atoms in total. The summed E-state index contributed by atoms with van der Waals surface area (Å²) in [5, 5.41) is 12.4. The van der Waals surface area contributed by atoms with Crippen LogP contribution in [0, 0.1) is 0 Å². The third-order valence-corrected chi connectivity index (χ3v) is 5.28. The number of hydrogen-bond donors (Lipinski definition) is 2. The Kier molecular flexibility index (Phi) is 6.85. The number of hydrogen-bond acceptors (Lipinski definition) is 5. The van der Waals surface area contributed by atoms with E-state index < -0.39 is 12.0 Å². The summed E-state index contributed by atoms with van der Waals surface area (Å²) in [5.41, 5.74) is 2.21. The summed E-state index contributed by atoms with van der Waals surface area (Å²) in [5.74, 6) is -0.265. The Morgan fingerprint density at radius 1 is 1.10 bits per heavy atom. The number of nitrogens with zero attached hydrogens (tertiary/aromatic N) is 2.